The number of carbonyl (C=O) groups is 2. The number of carboxylic acids is 1. The molecule has 3 N–H and O–H groups in total. The molecule has 5 rings (SSSR count). The fourth-order valence-electron chi connectivity index (χ4n) is 5.79. The lowest BCUT2D eigenvalue weighted by molar-refractivity contribution is -0.133. The van der Waals surface area contributed by atoms with Crippen molar-refractivity contribution >= 4 is 39.1 Å². The number of fused-ring (bicyclic) bond motifs is 1. The van der Waals surface area contributed by atoms with E-state index in [0.717, 1.165) is 6.26 Å². The summed E-state index contributed by atoms with van der Waals surface area (Å²) in [4.78, 5) is 36.3. The predicted octanol–water partition coefficient (Wildman–Crippen LogP) is 1.49. The number of aliphatic carboxylic acids is 1. The van der Waals surface area contributed by atoms with Crippen molar-refractivity contribution in [3.05, 3.63) is 63.0 Å². The van der Waals surface area contributed by atoms with Crippen LogP contribution in [0.1, 0.15) is 28.6 Å². The third kappa shape index (κ3) is 5.86. The third-order valence-corrected chi connectivity index (χ3v) is 8.77. The van der Waals surface area contributed by atoms with Gasteiger partial charge in [-0.15, -0.1) is 11.3 Å². The summed E-state index contributed by atoms with van der Waals surface area (Å²) in [6, 6.07) is 1.04. The molecule has 0 bridgehead atoms. The van der Waals surface area contributed by atoms with Crippen LogP contribution in [0, 0.1) is 12.7 Å². The van der Waals surface area contributed by atoms with E-state index in [1.807, 2.05) is 0 Å². The molecule has 11 nitrogen and oxygen atoms in total. The Labute approximate surface area is 237 Å². The van der Waals surface area contributed by atoms with Crippen molar-refractivity contribution < 1.29 is 36.3 Å². The van der Waals surface area contributed by atoms with Crippen molar-refractivity contribution in [1.82, 2.24) is 24.8 Å². The molecule has 0 radical (unpaired) electrons. The average Bonchev–Trinajstić information content (AvgIpc) is 3.59. The number of amides is 1. The summed E-state index contributed by atoms with van der Waals surface area (Å²) >= 11 is 1.24. The number of aliphatic imine (C=N–C) groups is 1. The van der Waals surface area contributed by atoms with E-state index in [1.54, 1.807) is 22.4 Å². The normalized spacial score (nSPS) is 24.6. The number of aromatic nitrogens is 1. The smallest absolute Gasteiger partial charge is 0.335 e. The number of thiazole rings is 1. The number of amidine groups is 1. The van der Waals surface area contributed by atoms with E-state index in [9.17, 15) is 27.5 Å². The highest BCUT2D eigenvalue weighted by Crippen LogP contribution is 2.42. The highest BCUT2D eigenvalue weighted by atomic mass is 32.2. The largest absolute Gasteiger partial charge is 0.478 e. The summed E-state index contributed by atoms with van der Waals surface area (Å²) in [7, 11) is -3.85. The van der Waals surface area contributed by atoms with Gasteiger partial charge >= 0.3 is 5.97 Å². The highest BCUT2D eigenvalue weighted by molar-refractivity contribution is 7.89. The fourth-order valence-corrected chi connectivity index (χ4v) is 6.86. The second-order valence-corrected chi connectivity index (χ2v) is 12.9. The van der Waals surface area contributed by atoms with Crippen molar-refractivity contribution in [1.29, 1.82) is 0 Å². The monoisotopic (exact) mass is 612 g/mol. The minimum absolute atomic E-state index is 0.119. The van der Waals surface area contributed by atoms with Crippen LogP contribution >= 0.6 is 11.3 Å². The lowest BCUT2D eigenvalue weighted by Gasteiger charge is -2.30. The molecule has 0 unspecified atom stereocenters. The lowest BCUT2D eigenvalue weighted by Crippen LogP contribution is -2.49. The predicted molar refractivity (Wildman–Crippen MR) is 144 cm³/mol. The molecule has 0 aliphatic carbocycles. The minimum atomic E-state index is -3.85. The van der Waals surface area contributed by atoms with Gasteiger partial charge in [-0.05, 0) is 30.5 Å². The van der Waals surface area contributed by atoms with Crippen molar-refractivity contribution in [2.24, 2.45) is 4.99 Å². The summed E-state index contributed by atoms with van der Waals surface area (Å²) in [5, 5.41) is 15.4. The number of sulfonamides is 1. The molecular formula is C25H27F3N6O5S2. The van der Waals surface area contributed by atoms with Gasteiger partial charge in [0.1, 0.15) is 11.9 Å². The van der Waals surface area contributed by atoms with Crippen LogP contribution in [-0.4, -0.2) is 96.5 Å². The average molecular weight is 613 g/mol. The van der Waals surface area contributed by atoms with Gasteiger partial charge in [0.2, 0.25) is 15.9 Å². The fraction of sp³-hybridized carbons (Fsp3) is 0.440. The van der Waals surface area contributed by atoms with E-state index >= 15 is 8.78 Å². The van der Waals surface area contributed by atoms with Crippen LogP contribution in [0.3, 0.4) is 0 Å². The number of halogens is 3. The van der Waals surface area contributed by atoms with E-state index in [-0.39, 0.29) is 42.2 Å². The molecule has 41 heavy (non-hydrogen) atoms. The first kappa shape index (κ1) is 29.2. The Morgan fingerprint density at radius 1 is 1.29 bits per heavy atom. The van der Waals surface area contributed by atoms with E-state index in [2.05, 4.69) is 15.3 Å². The van der Waals surface area contributed by atoms with Crippen LogP contribution in [0.25, 0.3) is 0 Å². The van der Waals surface area contributed by atoms with Crippen LogP contribution in [0.5, 0.6) is 0 Å². The molecule has 1 aromatic carbocycles. The Morgan fingerprint density at radius 3 is 2.71 bits per heavy atom. The minimum Gasteiger partial charge on any atom is -0.478 e. The molecule has 3 aliphatic heterocycles. The van der Waals surface area contributed by atoms with Crippen molar-refractivity contribution in [2.75, 3.05) is 32.4 Å². The van der Waals surface area contributed by atoms with Gasteiger partial charge in [0.25, 0.3) is 5.92 Å². The maximum atomic E-state index is 15.4. The number of nitrogens with one attached hydrogen (secondary N) is 2. The van der Waals surface area contributed by atoms with E-state index in [0.29, 0.717) is 10.6 Å². The second kappa shape index (κ2) is 10.8. The van der Waals surface area contributed by atoms with Gasteiger partial charge in [0.05, 0.1) is 31.0 Å². The van der Waals surface area contributed by atoms with Gasteiger partial charge in [-0.2, -0.15) is 0 Å². The van der Waals surface area contributed by atoms with Gasteiger partial charge < -0.3 is 10.4 Å². The summed E-state index contributed by atoms with van der Waals surface area (Å²) in [5.74, 6) is -5.82. The lowest BCUT2D eigenvalue weighted by atomic mass is 9.92. The zero-order chi connectivity index (χ0) is 29.7. The van der Waals surface area contributed by atoms with Gasteiger partial charge in [-0.1, -0.05) is 12.1 Å². The van der Waals surface area contributed by atoms with E-state index in [4.69, 9.17) is 0 Å². The van der Waals surface area contributed by atoms with Crippen molar-refractivity contribution in [3.8, 4) is 0 Å². The number of hydrogen-bond donors (Lipinski definition) is 3. The molecule has 220 valence electrons. The van der Waals surface area contributed by atoms with Gasteiger partial charge in [-0.25, -0.2) is 31.4 Å². The summed E-state index contributed by atoms with van der Waals surface area (Å²) < 4.78 is 69.9. The Kier molecular flexibility index (Phi) is 7.69. The van der Waals surface area contributed by atoms with Gasteiger partial charge in [0, 0.05) is 36.4 Å². The van der Waals surface area contributed by atoms with Crippen molar-refractivity contribution in [2.45, 2.75) is 37.4 Å². The molecule has 2 fully saturated rings. The molecule has 0 saturated carbocycles. The number of carboxylic acid groups (broad SMARTS) is 1. The van der Waals surface area contributed by atoms with Crippen LogP contribution < -0.4 is 10.0 Å². The van der Waals surface area contributed by atoms with E-state index < -0.39 is 64.9 Å². The number of alkyl halides is 2. The van der Waals surface area contributed by atoms with Crippen LogP contribution in [0.15, 0.2) is 46.0 Å². The maximum absolute atomic E-state index is 15.4. The first-order valence-corrected chi connectivity index (χ1v) is 15.3. The van der Waals surface area contributed by atoms with Crippen LogP contribution in [0.4, 0.5) is 13.2 Å². The maximum Gasteiger partial charge on any atom is 0.335 e. The first-order chi connectivity index (χ1) is 19.2. The number of benzene rings is 1. The standard InChI is InChI=1S/C25H27F3N6O5S2/c1-13-14(4-3-5-15(13)26)20-19(24(36)37)16(30-22(31-20)23-29-7-9-40-23)10-34-12-25(27,28)21-17(34)6-8-33(21)11-18(35)32-41(2,38)39/h3-5,7,9,17,20-21H,6,8,10-12H2,1-2H3,(H,30,31)(H,32,35)(H,36,37)/t17-,20-,21+/m0/s1. The van der Waals surface area contributed by atoms with Crippen LogP contribution in [-0.2, 0) is 19.6 Å². The molecule has 0 spiro atoms. The Bertz CT molecular complexity index is 1550. The highest BCUT2D eigenvalue weighted by Gasteiger charge is 2.59. The SMILES string of the molecule is Cc1c(F)cccc1[C@@H]1N=C(c2nccs2)NC(CN2CC(F)(F)[C@H]3[C@@H]2CCN3CC(=O)NS(C)(=O)=O)=C1C(=O)O. The quantitative estimate of drug-likeness (QED) is 0.404. The number of likely N-dealkylation sites (tertiary alicyclic amines) is 2. The first-order valence-electron chi connectivity index (χ1n) is 12.6. The molecule has 2 aromatic rings. The van der Waals surface area contributed by atoms with Gasteiger partial charge in [0.15, 0.2) is 10.8 Å². The van der Waals surface area contributed by atoms with E-state index in [1.165, 1.54) is 40.2 Å². The Balaban J connectivity index is 1.48. The number of rotatable bonds is 8. The molecule has 1 amide bonds. The second-order valence-electron chi connectivity index (χ2n) is 10.2. The molecule has 3 aliphatic rings. The molecule has 1 aromatic heterocycles. The number of carbonyl (C=O) groups excluding carboxylic acids is 1. The number of hydrogen-bond acceptors (Lipinski definition) is 10. The third-order valence-electron chi connectivity index (χ3n) is 7.39. The van der Waals surface area contributed by atoms with Crippen molar-refractivity contribution in [3.63, 3.8) is 0 Å². The molecule has 4 heterocycles. The summed E-state index contributed by atoms with van der Waals surface area (Å²) in [6.45, 7) is 0.187. The van der Waals surface area contributed by atoms with Gasteiger partial charge in [-0.3, -0.25) is 24.3 Å². The molecule has 2 saturated heterocycles. The summed E-state index contributed by atoms with van der Waals surface area (Å²) in [6.07, 6.45) is 2.60. The zero-order valence-electron chi connectivity index (χ0n) is 22.0. The van der Waals surface area contributed by atoms with Crippen LogP contribution in [0.2, 0.25) is 0 Å². The zero-order valence-corrected chi connectivity index (χ0v) is 23.6. The summed E-state index contributed by atoms with van der Waals surface area (Å²) in [5.41, 5.74) is 0.458. The topological polar surface area (TPSA) is 144 Å². The Hall–Kier alpha value is -3.34. The molecule has 16 heteroatoms. The molecule has 3 atom stereocenters. The number of nitrogens with zero attached hydrogens (tertiary/aromatic N) is 4. The Morgan fingerprint density at radius 2 is 2.05 bits per heavy atom. The molecular weight excluding hydrogens is 585 g/mol.